The number of carbonyl (C=O) groups is 2. The number of benzene rings is 1. The Labute approximate surface area is 158 Å². The van der Waals surface area contributed by atoms with Gasteiger partial charge < -0.3 is 15.2 Å². The normalized spacial score (nSPS) is 11.6. The maximum absolute atomic E-state index is 12.3. The lowest BCUT2D eigenvalue weighted by Crippen LogP contribution is -2.39. The molecule has 0 fully saturated rings. The van der Waals surface area contributed by atoms with E-state index in [0.29, 0.717) is 25.3 Å². The molecule has 1 atom stereocenters. The van der Waals surface area contributed by atoms with Gasteiger partial charge in [-0.1, -0.05) is 30.3 Å². The second-order valence-corrected chi connectivity index (χ2v) is 6.21. The molecule has 0 aliphatic carbocycles. The van der Waals surface area contributed by atoms with Gasteiger partial charge in [0.2, 0.25) is 0 Å². The molecule has 3 N–H and O–H groups in total. The van der Waals surface area contributed by atoms with Gasteiger partial charge in [-0.15, -0.1) is 0 Å². The number of carbonyl (C=O) groups excluding carboxylic acids is 1. The fourth-order valence-corrected chi connectivity index (χ4v) is 2.68. The summed E-state index contributed by atoms with van der Waals surface area (Å²) >= 11 is 0. The van der Waals surface area contributed by atoms with Crippen molar-refractivity contribution in [2.45, 2.75) is 31.7 Å². The minimum atomic E-state index is -0.886. The van der Waals surface area contributed by atoms with Crippen LogP contribution in [0.2, 0.25) is 0 Å². The number of nitrogens with one attached hydrogen (secondary N) is 2. The molecule has 2 rings (SSSR count). The van der Waals surface area contributed by atoms with E-state index in [1.165, 1.54) is 0 Å². The predicted molar refractivity (Wildman–Crippen MR) is 103 cm³/mol. The maximum Gasteiger partial charge on any atom is 0.320 e. The lowest BCUT2D eigenvalue weighted by atomic mass is 10.0. The van der Waals surface area contributed by atoms with Crippen molar-refractivity contribution in [3.63, 3.8) is 0 Å². The van der Waals surface area contributed by atoms with Crippen molar-refractivity contribution in [2.75, 3.05) is 19.0 Å². The topological polar surface area (TPSA) is 101 Å². The van der Waals surface area contributed by atoms with Gasteiger partial charge in [-0.2, -0.15) is 0 Å². The quantitative estimate of drug-likeness (QED) is 0.596. The average Bonchev–Trinajstić information content (AvgIpc) is 2.65. The first-order valence-corrected chi connectivity index (χ1v) is 8.84. The molecule has 2 amide bonds. The summed E-state index contributed by atoms with van der Waals surface area (Å²) in [5.74, 6) is -0.444. The Morgan fingerprint density at radius 3 is 2.67 bits per heavy atom. The zero-order valence-electron chi connectivity index (χ0n) is 15.4. The average molecular weight is 371 g/mol. The van der Waals surface area contributed by atoms with Gasteiger partial charge in [0.25, 0.3) is 0 Å². The number of pyridine rings is 1. The Hall–Kier alpha value is -2.93. The molecule has 1 unspecified atom stereocenters. The van der Waals surface area contributed by atoms with Crippen LogP contribution < -0.4 is 10.6 Å². The Balaban J connectivity index is 1.96. The third-order valence-corrected chi connectivity index (χ3v) is 4.03. The van der Waals surface area contributed by atoms with Crippen molar-refractivity contribution in [3.8, 4) is 0 Å². The van der Waals surface area contributed by atoms with Crippen molar-refractivity contribution in [2.24, 2.45) is 0 Å². The van der Waals surface area contributed by atoms with Crippen LogP contribution in [0.25, 0.3) is 0 Å². The highest BCUT2D eigenvalue weighted by Gasteiger charge is 2.15. The van der Waals surface area contributed by atoms with Gasteiger partial charge in [0, 0.05) is 25.8 Å². The van der Waals surface area contributed by atoms with Crippen LogP contribution in [0.5, 0.6) is 0 Å². The van der Waals surface area contributed by atoms with Gasteiger partial charge in [0.05, 0.1) is 6.61 Å². The van der Waals surface area contributed by atoms with Crippen molar-refractivity contribution in [1.82, 2.24) is 10.3 Å². The Morgan fingerprint density at radius 1 is 1.19 bits per heavy atom. The number of anilines is 1. The number of carboxylic acid groups (broad SMARTS) is 1. The number of amides is 2. The van der Waals surface area contributed by atoms with Gasteiger partial charge in [-0.05, 0) is 42.5 Å². The van der Waals surface area contributed by atoms with E-state index in [9.17, 15) is 9.59 Å². The van der Waals surface area contributed by atoms with Crippen molar-refractivity contribution in [3.05, 3.63) is 59.8 Å². The van der Waals surface area contributed by atoms with E-state index in [0.717, 1.165) is 17.5 Å². The molecule has 0 spiro atoms. The number of ether oxygens (including phenoxy) is 1. The molecule has 0 bridgehead atoms. The molecule has 0 saturated heterocycles. The largest absolute Gasteiger partial charge is 0.481 e. The van der Waals surface area contributed by atoms with Crippen molar-refractivity contribution < 1.29 is 19.4 Å². The highest BCUT2D eigenvalue weighted by atomic mass is 16.5. The summed E-state index contributed by atoms with van der Waals surface area (Å²) in [6, 6.07) is 12.6. The Morgan fingerprint density at radius 2 is 1.96 bits per heavy atom. The number of hydrogen-bond donors (Lipinski definition) is 3. The summed E-state index contributed by atoms with van der Waals surface area (Å²) in [6.45, 7) is 0.587. The van der Waals surface area contributed by atoms with E-state index in [1.54, 1.807) is 19.4 Å². The third kappa shape index (κ3) is 7.87. The molecule has 0 saturated carbocycles. The summed E-state index contributed by atoms with van der Waals surface area (Å²) in [5, 5.41) is 14.5. The van der Waals surface area contributed by atoms with Crippen LogP contribution in [0.3, 0.4) is 0 Å². The molecule has 0 radical (unpaired) electrons. The Kier molecular flexibility index (Phi) is 8.25. The number of carboxylic acids is 1. The van der Waals surface area contributed by atoms with E-state index in [-0.39, 0.29) is 12.5 Å². The summed E-state index contributed by atoms with van der Waals surface area (Å²) in [7, 11) is 1.64. The summed E-state index contributed by atoms with van der Waals surface area (Å²) in [5.41, 5.74) is 2.04. The van der Waals surface area contributed by atoms with Crippen LogP contribution in [-0.2, 0) is 22.4 Å². The van der Waals surface area contributed by atoms with E-state index in [4.69, 9.17) is 9.84 Å². The van der Waals surface area contributed by atoms with Crippen LogP contribution in [-0.4, -0.2) is 41.8 Å². The molecule has 0 aliphatic rings. The SMILES string of the molecule is COCCc1ccnc(NC(=O)NC(CCC(=O)O)Cc2ccccc2)c1. The number of methoxy groups -OCH3 is 1. The monoisotopic (exact) mass is 371 g/mol. The zero-order chi connectivity index (χ0) is 19.5. The van der Waals surface area contributed by atoms with E-state index in [2.05, 4.69) is 15.6 Å². The van der Waals surface area contributed by atoms with Gasteiger partial charge >= 0.3 is 12.0 Å². The number of rotatable bonds is 10. The fraction of sp³-hybridized carbons (Fsp3) is 0.350. The Bertz CT molecular complexity index is 737. The second-order valence-electron chi connectivity index (χ2n) is 6.21. The van der Waals surface area contributed by atoms with Crippen LogP contribution in [0.15, 0.2) is 48.7 Å². The number of urea groups is 1. The molecule has 0 aliphatic heterocycles. The molecule has 2 aromatic rings. The summed E-state index contributed by atoms with van der Waals surface area (Å²) < 4.78 is 5.05. The molecule has 1 heterocycles. The minimum Gasteiger partial charge on any atom is -0.481 e. The van der Waals surface area contributed by atoms with E-state index in [1.807, 2.05) is 36.4 Å². The first-order valence-electron chi connectivity index (χ1n) is 8.84. The molecule has 7 heteroatoms. The molecule has 1 aromatic carbocycles. The lowest BCUT2D eigenvalue weighted by molar-refractivity contribution is -0.137. The van der Waals surface area contributed by atoms with E-state index >= 15 is 0 Å². The number of aliphatic carboxylic acids is 1. The smallest absolute Gasteiger partial charge is 0.320 e. The molecule has 27 heavy (non-hydrogen) atoms. The van der Waals surface area contributed by atoms with Gasteiger partial charge in [-0.25, -0.2) is 9.78 Å². The predicted octanol–water partition coefficient (Wildman–Crippen LogP) is 2.87. The lowest BCUT2D eigenvalue weighted by Gasteiger charge is -2.18. The standard InChI is InChI=1S/C20H25N3O4/c1-27-12-10-16-9-11-21-18(14-16)23-20(26)22-17(7-8-19(24)25)13-15-5-3-2-4-6-15/h2-6,9,11,14,17H,7-8,10,12-13H2,1H3,(H,24,25)(H2,21,22,23,26). The maximum atomic E-state index is 12.3. The highest BCUT2D eigenvalue weighted by molar-refractivity contribution is 5.88. The van der Waals surface area contributed by atoms with Crippen LogP contribution in [0, 0.1) is 0 Å². The van der Waals surface area contributed by atoms with Crippen LogP contribution in [0.4, 0.5) is 10.6 Å². The van der Waals surface area contributed by atoms with Gasteiger partial charge in [-0.3, -0.25) is 10.1 Å². The number of hydrogen-bond acceptors (Lipinski definition) is 4. The highest BCUT2D eigenvalue weighted by Crippen LogP contribution is 2.10. The van der Waals surface area contributed by atoms with Crippen LogP contribution >= 0.6 is 0 Å². The molecule has 1 aromatic heterocycles. The first kappa shape index (κ1) is 20.4. The number of aromatic nitrogens is 1. The van der Waals surface area contributed by atoms with E-state index < -0.39 is 12.0 Å². The molecule has 144 valence electrons. The number of nitrogens with zero attached hydrogens (tertiary/aromatic N) is 1. The van der Waals surface area contributed by atoms with Crippen molar-refractivity contribution in [1.29, 1.82) is 0 Å². The van der Waals surface area contributed by atoms with Gasteiger partial charge in [0.1, 0.15) is 5.82 Å². The molecular formula is C20H25N3O4. The summed E-state index contributed by atoms with van der Waals surface area (Å²) in [4.78, 5) is 27.4. The third-order valence-electron chi connectivity index (χ3n) is 4.03. The molecular weight excluding hydrogens is 346 g/mol. The molecule has 7 nitrogen and oxygen atoms in total. The minimum absolute atomic E-state index is 0.0114. The summed E-state index contributed by atoms with van der Waals surface area (Å²) in [6.07, 6.45) is 3.25. The van der Waals surface area contributed by atoms with Crippen molar-refractivity contribution >= 4 is 17.8 Å². The zero-order valence-corrected chi connectivity index (χ0v) is 15.4. The second kappa shape index (κ2) is 10.9. The fourth-order valence-electron chi connectivity index (χ4n) is 2.68. The van der Waals surface area contributed by atoms with Crippen LogP contribution in [0.1, 0.15) is 24.0 Å². The van der Waals surface area contributed by atoms with Gasteiger partial charge in [0.15, 0.2) is 0 Å². The first-order chi connectivity index (χ1) is 13.1.